The number of carbonyl (C=O) groups excluding carboxylic acids is 1. The topological polar surface area (TPSA) is 95.6 Å². The van der Waals surface area contributed by atoms with Gasteiger partial charge in [0.1, 0.15) is 5.82 Å². The lowest BCUT2D eigenvalue weighted by Gasteiger charge is -2.41. The van der Waals surface area contributed by atoms with Crippen molar-refractivity contribution in [1.82, 2.24) is 15.6 Å². The Hall–Kier alpha value is -2.31. The third kappa shape index (κ3) is 5.40. The van der Waals surface area contributed by atoms with Gasteiger partial charge in [-0.05, 0) is 50.5 Å². The fraction of sp³-hybridized carbons (Fsp3) is 0.682. The van der Waals surface area contributed by atoms with Crippen LogP contribution in [0.2, 0.25) is 0 Å². The van der Waals surface area contributed by atoms with Gasteiger partial charge >= 0.3 is 0 Å². The number of nitrogens with two attached hydrogens (primary N) is 1. The van der Waals surface area contributed by atoms with Gasteiger partial charge in [-0.15, -0.1) is 0 Å². The molecule has 2 heterocycles. The molecule has 1 atom stereocenters. The summed E-state index contributed by atoms with van der Waals surface area (Å²) < 4.78 is 0. The molecule has 0 spiro atoms. The van der Waals surface area contributed by atoms with Crippen molar-refractivity contribution < 1.29 is 4.79 Å². The minimum Gasteiger partial charge on any atom is -0.369 e. The molecule has 7 nitrogen and oxygen atoms in total. The van der Waals surface area contributed by atoms with Crippen LogP contribution in [0.15, 0.2) is 23.3 Å². The Morgan fingerprint density at radius 3 is 2.83 bits per heavy atom. The molecule has 160 valence electrons. The number of aromatic nitrogens is 1. The molecule has 1 aromatic heterocycles. The molecule has 1 saturated carbocycles. The monoisotopic (exact) mass is 400 g/mol. The van der Waals surface area contributed by atoms with Crippen molar-refractivity contribution in [1.29, 1.82) is 0 Å². The van der Waals surface area contributed by atoms with E-state index in [9.17, 15) is 4.79 Å². The van der Waals surface area contributed by atoms with Crippen molar-refractivity contribution >= 4 is 17.7 Å². The number of carbonyl (C=O) groups is 1. The largest absolute Gasteiger partial charge is 0.369 e. The number of nitrogens with zero attached hydrogens (tertiary/aromatic N) is 3. The highest BCUT2D eigenvalue weighted by Gasteiger charge is 2.35. The Morgan fingerprint density at radius 2 is 2.17 bits per heavy atom. The summed E-state index contributed by atoms with van der Waals surface area (Å²) in [5, 5.41) is 6.91. The predicted octanol–water partition coefficient (Wildman–Crippen LogP) is 2.42. The molecule has 0 bridgehead atoms. The molecule has 1 aliphatic carbocycles. The molecular weight excluding hydrogens is 364 g/mol. The van der Waals surface area contributed by atoms with Crippen molar-refractivity contribution in [3.63, 3.8) is 0 Å². The van der Waals surface area contributed by atoms with E-state index >= 15 is 0 Å². The molecule has 29 heavy (non-hydrogen) atoms. The highest BCUT2D eigenvalue weighted by molar-refractivity contribution is 5.80. The summed E-state index contributed by atoms with van der Waals surface area (Å²) in [5.41, 5.74) is 7.06. The van der Waals surface area contributed by atoms with E-state index in [0.29, 0.717) is 18.5 Å². The molecule has 0 aromatic carbocycles. The number of guanidine groups is 1. The molecule has 2 fully saturated rings. The van der Waals surface area contributed by atoms with Crippen LogP contribution in [0.4, 0.5) is 5.82 Å². The van der Waals surface area contributed by atoms with Gasteiger partial charge in [-0.25, -0.2) is 9.98 Å². The Morgan fingerprint density at radius 1 is 1.34 bits per heavy atom. The van der Waals surface area contributed by atoms with Crippen LogP contribution in [0.25, 0.3) is 0 Å². The van der Waals surface area contributed by atoms with E-state index in [1.165, 1.54) is 25.7 Å². The fourth-order valence-electron chi connectivity index (χ4n) is 4.35. The Kier molecular flexibility index (Phi) is 7.34. The standard InChI is InChI=1S/C22H36N6O/c1-3-22(10-7-11-22)16-27-21(24-4-2)26-14-17-8-5-12-25-20(17)28-13-6-9-18(15-28)19(23)29/h5,8,12,18H,3-4,6-7,9-11,13-16H2,1-2H3,(H2,23,29)(H2,24,26,27). The van der Waals surface area contributed by atoms with Gasteiger partial charge in [0.25, 0.3) is 0 Å². The normalized spacial score (nSPS) is 21.4. The van der Waals surface area contributed by atoms with Gasteiger partial charge in [-0.3, -0.25) is 4.79 Å². The summed E-state index contributed by atoms with van der Waals surface area (Å²) in [6, 6.07) is 4.02. The molecule has 3 rings (SSSR count). The number of pyridine rings is 1. The SMILES string of the molecule is CCNC(=NCc1cccnc1N1CCCC(C(N)=O)C1)NCC1(CC)CCC1. The molecule has 1 aliphatic heterocycles. The van der Waals surface area contributed by atoms with Crippen LogP contribution < -0.4 is 21.3 Å². The summed E-state index contributed by atoms with van der Waals surface area (Å²) in [6.45, 7) is 8.26. The highest BCUT2D eigenvalue weighted by Crippen LogP contribution is 2.43. The van der Waals surface area contributed by atoms with Gasteiger partial charge < -0.3 is 21.3 Å². The van der Waals surface area contributed by atoms with Gasteiger partial charge in [0.15, 0.2) is 5.96 Å². The van der Waals surface area contributed by atoms with Gasteiger partial charge in [0.2, 0.25) is 5.91 Å². The summed E-state index contributed by atoms with van der Waals surface area (Å²) in [5.74, 6) is 1.45. The molecule has 4 N–H and O–H groups in total. The fourth-order valence-corrected chi connectivity index (χ4v) is 4.35. The number of nitrogens with one attached hydrogen (secondary N) is 2. The van der Waals surface area contributed by atoms with E-state index in [1.54, 1.807) is 0 Å². The van der Waals surface area contributed by atoms with Crippen LogP contribution in [-0.2, 0) is 11.3 Å². The van der Waals surface area contributed by atoms with Gasteiger partial charge in [0, 0.05) is 37.9 Å². The molecule has 1 aromatic rings. The number of anilines is 1. The highest BCUT2D eigenvalue weighted by atomic mass is 16.1. The Labute approximate surface area is 174 Å². The zero-order valence-corrected chi connectivity index (χ0v) is 17.9. The second kappa shape index (κ2) is 9.94. The minimum absolute atomic E-state index is 0.103. The van der Waals surface area contributed by atoms with E-state index in [1.807, 2.05) is 12.3 Å². The number of hydrogen-bond donors (Lipinski definition) is 3. The van der Waals surface area contributed by atoms with E-state index < -0.39 is 0 Å². The van der Waals surface area contributed by atoms with Gasteiger partial charge in [-0.2, -0.15) is 0 Å². The van der Waals surface area contributed by atoms with E-state index in [-0.39, 0.29) is 11.8 Å². The van der Waals surface area contributed by atoms with Crippen molar-refractivity contribution in [3.05, 3.63) is 23.9 Å². The van der Waals surface area contributed by atoms with Gasteiger partial charge in [-0.1, -0.05) is 19.4 Å². The van der Waals surface area contributed by atoms with E-state index in [2.05, 4.69) is 40.4 Å². The third-order valence-corrected chi connectivity index (χ3v) is 6.54. The number of aliphatic imine (C=N–C) groups is 1. The van der Waals surface area contributed by atoms with Gasteiger partial charge in [0.05, 0.1) is 12.5 Å². The van der Waals surface area contributed by atoms with Crippen molar-refractivity contribution in [2.45, 2.75) is 58.9 Å². The maximum absolute atomic E-state index is 11.6. The summed E-state index contributed by atoms with van der Waals surface area (Å²) >= 11 is 0. The second-order valence-electron chi connectivity index (χ2n) is 8.43. The lowest BCUT2D eigenvalue weighted by atomic mass is 9.67. The number of primary amides is 1. The molecule has 2 aliphatic rings. The average molecular weight is 401 g/mol. The molecule has 1 unspecified atom stereocenters. The van der Waals surface area contributed by atoms with Crippen LogP contribution >= 0.6 is 0 Å². The third-order valence-electron chi connectivity index (χ3n) is 6.54. The first-order chi connectivity index (χ1) is 14.1. The van der Waals surface area contributed by atoms with Crippen molar-refractivity contribution in [3.8, 4) is 0 Å². The van der Waals surface area contributed by atoms with Crippen LogP contribution in [0.5, 0.6) is 0 Å². The summed E-state index contributed by atoms with van der Waals surface area (Å²) in [4.78, 5) is 23.3. The zero-order chi connectivity index (χ0) is 20.7. The quantitative estimate of drug-likeness (QED) is 0.460. The number of amides is 1. The first kappa shape index (κ1) is 21.4. The summed E-state index contributed by atoms with van der Waals surface area (Å²) in [7, 11) is 0. The molecule has 1 amide bonds. The van der Waals surface area contributed by atoms with Crippen molar-refractivity contribution in [2.75, 3.05) is 31.1 Å². The first-order valence-electron chi connectivity index (χ1n) is 11.1. The molecular formula is C22H36N6O. The smallest absolute Gasteiger partial charge is 0.222 e. The molecule has 7 heteroatoms. The number of hydrogen-bond acceptors (Lipinski definition) is 4. The van der Waals surface area contributed by atoms with Crippen LogP contribution in [0, 0.1) is 11.3 Å². The number of piperidine rings is 1. The molecule has 0 radical (unpaired) electrons. The summed E-state index contributed by atoms with van der Waals surface area (Å²) in [6.07, 6.45) is 8.78. The second-order valence-corrected chi connectivity index (χ2v) is 8.43. The van der Waals surface area contributed by atoms with Crippen molar-refractivity contribution in [2.24, 2.45) is 22.1 Å². The molecule has 1 saturated heterocycles. The van der Waals surface area contributed by atoms with Crippen LogP contribution in [-0.4, -0.2) is 43.0 Å². The van der Waals surface area contributed by atoms with Crippen LogP contribution in [0.3, 0.4) is 0 Å². The Balaban J connectivity index is 1.68. The number of rotatable bonds is 8. The maximum atomic E-state index is 11.6. The average Bonchev–Trinajstić information content (AvgIpc) is 2.71. The Bertz CT molecular complexity index is 709. The minimum atomic E-state index is -0.218. The van der Waals surface area contributed by atoms with Crippen LogP contribution in [0.1, 0.15) is 57.9 Å². The lowest BCUT2D eigenvalue weighted by Crippen LogP contribution is -2.46. The first-order valence-corrected chi connectivity index (χ1v) is 11.1. The zero-order valence-electron chi connectivity index (χ0n) is 17.9. The maximum Gasteiger partial charge on any atom is 0.222 e. The van der Waals surface area contributed by atoms with E-state index in [0.717, 1.165) is 49.8 Å². The predicted molar refractivity (Wildman–Crippen MR) is 118 cm³/mol. The van der Waals surface area contributed by atoms with E-state index in [4.69, 9.17) is 10.7 Å². The lowest BCUT2D eigenvalue weighted by molar-refractivity contribution is -0.122.